The number of ether oxygens (including phenoxy) is 4. The highest BCUT2D eigenvalue weighted by Gasteiger charge is 2.29. The first-order chi connectivity index (χ1) is 29.3. The number of methoxy groups -OCH3 is 2. The Labute approximate surface area is 354 Å². The van der Waals surface area contributed by atoms with E-state index in [9.17, 15) is 4.79 Å². The van der Waals surface area contributed by atoms with Crippen molar-refractivity contribution in [2.45, 2.75) is 25.7 Å². The highest BCUT2D eigenvalue weighted by atomic mass is 32.1. The van der Waals surface area contributed by atoms with Gasteiger partial charge in [-0.2, -0.15) is 0 Å². The number of nitrogens with one attached hydrogen (secondary N) is 2. The summed E-state index contributed by atoms with van der Waals surface area (Å²) in [7, 11) is 3.04. The molecule has 0 spiro atoms. The smallest absolute Gasteiger partial charge is 0.316 e. The maximum atomic E-state index is 14.8. The first kappa shape index (κ1) is 39.6. The van der Waals surface area contributed by atoms with Crippen LogP contribution in [0.15, 0.2) is 133 Å². The van der Waals surface area contributed by atoms with Gasteiger partial charge in [-0.3, -0.25) is 4.79 Å². The van der Waals surface area contributed by atoms with Crippen LogP contribution in [0.4, 0.5) is 21.6 Å². The second kappa shape index (κ2) is 18.1. The molecule has 13 nitrogen and oxygen atoms in total. The van der Waals surface area contributed by atoms with E-state index in [1.807, 2.05) is 122 Å². The average Bonchev–Trinajstić information content (AvgIpc) is 3.97. The molecular formula is C45H38N8O5S2. The third-order valence-corrected chi connectivity index (χ3v) is 11.0. The number of anilines is 4. The number of carbonyl (C=O) groups is 1. The molecule has 0 aliphatic heterocycles. The fourth-order valence-corrected chi connectivity index (χ4v) is 7.79. The van der Waals surface area contributed by atoms with E-state index in [4.69, 9.17) is 28.9 Å². The summed E-state index contributed by atoms with van der Waals surface area (Å²) in [5, 5.41) is 12.0. The zero-order valence-corrected chi connectivity index (χ0v) is 34.5. The standard InChI is InChI=1S/C45H38N8O5S2/c1-27(35-19-31(15-17-39(35)57-33-11-7-5-8-12-33)50-44-52-37(25-59-44)29-21-46-42(55-3)47-22-29)41(54)28(2)36-20-32(16-18-40(36)58-34-13-9-6-10-14-34)51-45-53-38(26-60-45)30-23-48-43(56-4)49-24-30/h5-28H,1-4H3,(H,50,52)(H,51,53). The Morgan fingerprint density at radius 3 is 1.35 bits per heavy atom. The van der Waals surface area contributed by atoms with Gasteiger partial charge >= 0.3 is 12.0 Å². The van der Waals surface area contributed by atoms with Crippen molar-refractivity contribution in [2.75, 3.05) is 24.9 Å². The van der Waals surface area contributed by atoms with Crippen molar-refractivity contribution in [1.82, 2.24) is 29.9 Å². The second-order valence-electron chi connectivity index (χ2n) is 13.4. The van der Waals surface area contributed by atoms with Crippen LogP contribution < -0.4 is 29.6 Å². The van der Waals surface area contributed by atoms with Crippen LogP contribution in [0.5, 0.6) is 35.0 Å². The topological polar surface area (TPSA) is 155 Å². The minimum absolute atomic E-state index is 0.0350. The highest BCUT2D eigenvalue weighted by molar-refractivity contribution is 7.14. The quantitative estimate of drug-likeness (QED) is 0.0949. The SMILES string of the molecule is COc1ncc(-c2csc(Nc3ccc(Oc4ccccc4)c(C(C)C(=O)C(C)c4cc(Nc5nc(-c6cnc(OC)nc6)cs5)ccc4Oc4ccccc4)c3)n2)cn1. The summed E-state index contributed by atoms with van der Waals surface area (Å²) in [6.45, 7) is 3.81. The van der Waals surface area contributed by atoms with Gasteiger partial charge in [-0.1, -0.05) is 50.2 Å². The number of thiazole rings is 2. The fraction of sp³-hybridized carbons (Fsp3) is 0.133. The van der Waals surface area contributed by atoms with E-state index in [1.54, 1.807) is 24.8 Å². The lowest BCUT2D eigenvalue weighted by atomic mass is 9.84. The fourth-order valence-electron chi connectivity index (χ4n) is 6.31. The zero-order valence-electron chi connectivity index (χ0n) is 32.9. The van der Waals surface area contributed by atoms with E-state index in [0.717, 1.165) is 33.9 Å². The molecule has 2 unspecified atom stereocenters. The molecule has 2 atom stereocenters. The van der Waals surface area contributed by atoms with Gasteiger partial charge in [0.1, 0.15) is 28.8 Å². The number of ketones is 1. The summed E-state index contributed by atoms with van der Waals surface area (Å²) in [4.78, 5) is 41.1. The Balaban J connectivity index is 1.08. The summed E-state index contributed by atoms with van der Waals surface area (Å²) in [6.07, 6.45) is 6.68. The molecule has 0 fully saturated rings. The molecule has 0 aliphatic rings. The number of nitrogens with zero attached hydrogens (tertiary/aromatic N) is 6. The van der Waals surface area contributed by atoms with E-state index in [0.29, 0.717) is 44.4 Å². The number of para-hydroxylation sites is 2. The van der Waals surface area contributed by atoms with Crippen molar-refractivity contribution in [1.29, 1.82) is 0 Å². The molecule has 0 saturated carbocycles. The predicted octanol–water partition coefficient (Wildman–Crippen LogP) is 11.1. The van der Waals surface area contributed by atoms with Crippen molar-refractivity contribution >= 4 is 50.1 Å². The molecular weight excluding hydrogens is 797 g/mol. The molecule has 0 bridgehead atoms. The molecule has 4 heterocycles. The van der Waals surface area contributed by atoms with Crippen LogP contribution >= 0.6 is 22.7 Å². The Morgan fingerprint density at radius 1 is 0.567 bits per heavy atom. The molecule has 0 aliphatic carbocycles. The summed E-state index contributed by atoms with van der Waals surface area (Å²) >= 11 is 2.89. The average molecular weight is 835 g/mol. The number of aromatic nitrogens is 6. The number of hydrogen-bond donors (Lipinski definition) is 2. The molecule has 8 aromatic rings. The normalized spacial score (nSPS) is 11.9. The number of carbonyl (C=O) groups excluding carboxylic acids is 1. The highest BCUT2D eigenvalue weighted by Crippen LogP contribution is 2.41. The van der Waals surface area contributed by atoms with Crippen molar-refractivity contribution in [3.8, 4) is 57.5 Å². The molecule has 4 aromatic carbocycles. The molecule has 4 aromatic heterocycles. The molecule has 60 heavy (non-hydrogen) atoms. The molecule has 2 N–H and O–H groups in total. The summed E-state index contributed by atoms with van der Waals surface area (Å²) < 4.78 is 23.0. The maximum Gasteiger partial charge on any atom is 0.316 e. The molecule has 0 radical (unpaired) electrons. The minimum atomic E-state index is -0.599. The van der Waals surface area contributed by atoms with Gasteiger partial charge in [0.05, 0.1) is 25.6 Å². The van der Waals surface area contributed by atoms with Crippen LogP contribution in [0.1, 0.15) is 36.8 Å². The van der Waals surface area contributed by atoms with Gasteiger partial charge in [-0.25, -0.2) is 29.9 Å². The van der Waals surface area contributed by atoms with Gasteiger partial charge in [-0.15, -0.1) is 22.7 Å². The van der Waals surface area contributed by atoms with Crippen LogP contribution in [0.25, 0.3) is 22.5 Å². The Morgan fingerprint density at radius 2 is 0.967 bits per heavy atom. The van der Waals surface area contributed by atoms with Gasteiger partial charge in [-0.05, 0) is 60.7 Å². The number of hydrogen-bond acceptors (Lipinski definition) is 15. The first-order valence-corrected chi connectivity index (χ1v) is 20.5. The first-order valence-electron chi connectivity index (χ1n) is 18.8. The summed E-state index contributed by atoms with van der Waals surface area (Å²) in [5.74, 6) is 1.20. The third kappa shape index (κ3) is 9.22. The van der Waals surface area contributed by atoms with E-state index in [2.05, 4.69) is 30.6 Å². The van der Waals surface area contributed by atoms with Crippen molar-refractivity contribution in [3.05, 3.63) is 144 Å². The molecule has 0 saturated heterocycles. The van der Waals surface area contributed by atoms with E-state index in [1.165, 1.54) is 36.9 Å². The third-order valence-electron chi connectivity index (χ3n) is 9.47. The molecule has 300 valence electrons. The molecule has 0 amide bonds. The molecule has 15 heteroatoms. The predicted molar refractivity (Wildman–Crippen MR) is 234 cm³/mol. The van der Waals surface area contributed by atoms with Crippen molar-refractivity contribution in [3.63, 3.8) is 0 Å². The van der Waals surface area contributed by atoms with Crippen LogP contribution in [-0.4, -0.2) is 49.9 Å². The Bertz CT molecular complexity index is 2510. The lowest BCUT2D eigenvalue weighted by Gasteiger charge is -2.23. The monoisotopic (exact) mass is 834 g/mol. The van der Waals surface area contributed by atoms with Gasteiger partial charge in [0.2, 0.25) is 0 Å². The van der Waals surface area contributed by atoms with E-state index < -0.39 is 11.8 Å². The second-order valence-corrected chi connectivity index (χ2v) is 15.1. The Kier molecular flexibility index (Phi) is 12.0. The maximum absolute atomic E-state index is 14.8. The van der Waals surface area contributed by atoms with Gasteiger partial charge < -0.3 is 29.6 Å². The lowest BCUT2D eigenvalue weighted by molar-refractivity contribution is -0.121. The lowest BCUT2D eigenvalue weighted by Crippen LogP contribution is -2.18. The van der Waals surface area contributed by atoms with Crippen LogP contribution in [0.3, 0.4) is 0 Å². The Hall–Kier alpha value is -7.23. The largest absolute Gasteiger partial charge is 0.467 e. The van der Waals surface area contributed by atoms with Gasteiger partial charge in [0.25, 0.3) is 0 Å². The summed E-state index contributed by atoms with van der Waals surface area (Å²) in [6, 6.07) is 31.0. The summed E-state index contributed by atoms with van der Waals surface area (Å²) in [5.41, 5.74) is 5.86. The number of benzene rings is 4. The van der Waals surface area contributed by atoms with Gasteiger partial charge in [0, 0.05) is 81.0 Å². The molecule has 8 rings (SSSR count). The minimum Gasteiger partial charge on any atom is -0.467 e. The van der Waals surface area contributed by atoms with E-state index >= 15 is 0 Å². The van der Waals surface area contributed by atoms with Crippen molar-refractivity contribution in [2.24, 2.45) is 0 Å². The van der Waals surface area contributed by atoms with Crippen LogP contribution in [-0.2, 0) is 4.79 Å². The van der Waals surface area contributed by atoms with E-state index in [-0.39, 0.29) is 17.8 Å². The van der Waals surface area contributed by atoms with Crippen molar-refractivity contribution < 1.29 is 23.7 Å². The van der Waals surface area contributed by atoms with Gasteiger partial charge in [0.15, 0.2) is 10.3 Å². The van der Waals surface area contributed by atoms with Crippen LogP contribution in [0, 0.1) is 0 Å². The number of Topliss-reactive ketones (excluding diaryl/α,β-unsaturated/α-hetero) is 1. The zero-order chi connectivity index (χ0) is 41.4. The van der Waals surface area contributed by atoms with Crippen LogP contribution in [0.2, 0.25) is 0 Å². The number of rotatable bonds is 16.